The third-order valence-corrected chi connectivity index (χ3v) is 4.76. The number of hydrogen-bond donors (Lipinski definition) is 0. The molecule has 5 aromatic rings. The second-order valence-electron chi connectivity index (χ2n) is 6.34. The van der Waals surface area contributed by atoms with Crippen LogP contribution in [0.2, 0.25) is 0 Å². The van der Waals surface area contributed by atoms with Crippen LogP contribution in [-0.4, -0.2) is 9.97 Å². The molecule has 0 N–H and O–H groups in total. The summed E-state index contributed by atoms with van der Waals surface area (Å²) >= 11 is 0. The highest BCUT2D eigenvalue weighted by Gasteiger charge is 2.09. The number of nitrogens with zero attached hydrogens (tertiary/aromatic N) is 2. The SMILES string of the molecule is c1ccc(-c2cccc3cc4cccc(-c5ccccn5)c4cc23)nc1. The minimum atomic E-state index is 0.993. The van der Waals surface area contributed by atoms with Gasteiger partial charge in [0.25, 0.3) is 0 Å². The fourth-order valence-electron chi connectivity index (χ4n) is 3.54. The lowest BCUT2D eigenvalue weighted by Gasteiger charge is -2.11. The Morgan fingerprint density at radius 3 is 1.46 bits per heavy atom. The van der Waals surface area contributed by atoms with Gasteiger partial charge in [0.1, 0.15) is 0 Å². The van der Waals surface area contributed by atoms with E-state index < -0.39 is 0 Å². The molecule has 5 rings (SSSR count). The zero-order valence-electron chi connectivity index (χ0n) is 14.1. The van der Waals surface area contributed by atoms with Gasteiger partial charge in [-0.15, -0.1) is 0 Å². The van der Waals surface area contributed by atoms with Gasteiger partial charge in [-0.1, -0.05) is 48.5 Å². The van der Waals surface area contributed by atoms with Crippen LogP contribution < -0.4 is 0 Å². The molecule has 0 fully saturated rings. The highest BCUT2D eigenvalue weighted by Crippen LogP contribution is 2.34. The van der Waals surface area contributed by atoms with Gasteiger partial charge in [-0.2, -0.15) is 0 Å². The van der Waals surface area contributed by atoms with Crippen molar-refractivity contribution in [1.29, 1.82) is 0 Å². The van der Waals surface area contributed by atoms with Crippen molar-refractivity contribution in [3.05, 3.63) is 97.3 Å². The fourth-order valence-corrected chi connectivity index (χ4v) is 3.54. The summed E-state index contributed by atoms with van der Waals surface area (Å²) in [6.07, 6.45) is 3.68. The highest BCUT2D eigenvalue weighted by molar-refractivity contribution is 6.08. The number of fused-ring (bicyclic) bond motifs is 2. The average Bonchev–Trinajstić information content (AvgIpc) is 2.72. The zero-order chi connectivity index (χ0) is 17.3. The number of hydrogen-bond acceptors (Lipinski definition) is 2. The van der Waals surface area contributed by atoms with Crippen molar-refractivity contribution in [2.45, 2.75) is 0 Å². The summed E-state index contributed by atoms with van der Waals surface area (Å²) in [5.74, 6) is 0. The van der Waals surface area contributed by atoms with Crippen molar-refractivity contribution in [2.24, 2.45) is 0 Å². The van der Waals surface area contributed by atoms with E-state index in [1.807, 2.05) is 36.7 Å². The molecule has 0 amide bonds. The minimum Gasteiger partial charge on any atom is -0.256 e. The first-order valence-electron chi connectivity index (χ1n) is 8.68. The third-order valence-electron chi connectivity index (χ3n) is 4.76. The van der Waals surface area contributed by atoms with E-state index >= 15 is 0 Å². The molecule has 0 aliphatic heterocycles. The van der Waals surface area contributed by atoms with Gasteiger partial charge >= 0.3 is 0 Å². The molecule has 0 aliphatic rings. The lowest BCUT2D eigenvalue weighted by Crippen LogP contribution is -1.88. The van der Waals surface area contributed by atoms with Crippen LogP contribution in [0.4, 0.5) is 0 Å². The van der Waals surface area contributed by atoms with Crippen LogP contribution in [0.25, 0.3) is 44.1 Å². The molecule has 0 aliphatic carbocycles. The Balaban J connectivity index is 1.85. The Labute approximate surface area is 151 Å². The second kappa shape index (κ2) is 6.08. The molecule has 2 heterocycles. The lowest BCUT2D eigenvalue weighted by atomic mass is 9.94. The van der Waals surface area contributed by atoms with E-state index in [0.717, 1.165) is 22.5 Å². The molecule has 2 aromatic heterocycles. The topological polar surface area (TPSA) is 25.8 Å². The quantitative estimate of drug-likeness (QED) is 0.364. The van der Waals surface area contributed by atoms with Crippen LogP contribution in [0.5, 0.6) is 0 Å². The van der Waals surface area contributed by atoms with E-state index in [9.17, 15) is 0 Å². The molecule has 0 unspecified atom stereocenters. The Kier molecular flexibility index (Phi) is 3.46. The molecule has 26 heavy (non-hydrogen) atoms. The Hall–Kier alpha value is -3.52. The van der Waals surface area contributed by atoms with E-state index in [-0.39, 0.29) is 0 Å². The molecular formula is C24H16N2. The predicted molar refractivity (Wildman–Crippen MR) is 108 cm³/mol. The number of benzene rings is 3. The first kappa shape index (κ1) is 14.8. The number of aromatic nitrogens is 2. The van der Waals surface area contributed by atoms with Crippen LogP contribution >= 0.6 is 0 Å². The third kappa shape index (κ3) is 2.44. The van der Waals surface area contributed by atoms with Crippen LogP contribution in [0.15, 0.2) is 97.3 Å². The smallest absolute Gasteiger partial charge is 0.0708 e. The molecule has 122 valence electrons. The highest BCUT2D eigenvalue weighted by atomic mass is 14.7. The van der Waals surface area contributed by atoms with Gasteiger partial charge in [0.05, 0.1) is 11.4 Å². The van der Waals surface area contributed by atoms with Crippen molar-refractivity contribution < 1.29 is 0 Å². The van der Waals surface area contributed by atoms with E-state index in [4.69, 9.17) is 0 Å². The summed E-state index contributed by atoms with van der Waals surface area (Å²) in [5, 5.41) is 4.86. The molecule has 0 saturated heterocycles. The zero-order valence-corrected chi connectivity index (χ0v) is 14.1. The number of rotatable bonds is 2. The van der Waals surface area contributed by atoms with E-state index in [0.29, 0.717) is 0 Å². The van der Waals surface area contributed by atoms with E-state index in [2.05, 4.69) is 70.6 Å². The van der Waals surface area contributed by atoms with Gasteiger partial charge in [-0.25, -0.2) is 0 Å². The van der Waals surface area contributed by atoms with Crippen molar-refractivity contribution in [1.82, 2.24) is 9.97 Å². The average molecular weight is 332 g/mol. The summed E-state index contributed by atoms with van der Waals surface area (Å²) < 4.78 is 0. The molecule has 0 radical (unpaired) electrons. The Morgan fingerprint density at radius 2 is 1.00 bits per heavy atom. The first-order chi connectivity index (χ1) is 12.9. The molecule has 0 saturated carbocycles. The molecular weight excluding hydrogens is 316 g/mol. The lowest BCUT2D eigenvalue weighted by molar-refractivity contribution is 1.33. The molecule has 0 atom stereocenters. The van der Waals surface area contributed by atoms with Crippen molar-refractivity contribution >= 4 is 21.5 Å². The summed E-state index contributed by atoms with van der Waals surface area (Å²) in [4.78, 5) is 9.09. The summed E-state index contributed by atoms with van der Waals surface area (Å²) in [7, 11) is 0. The van der Waals surface area contributed by atoms with Crippen LogP contribution in [-0.2, 0) is 0 Å². The molecule has 0 spiro atoms. The van der Waals surface area contributed by atoms with Gasteiger partial charge in [-0.05, 0) is 57.9 Å². The van der Waals surface area contributed by atoms with Gasteiger partial charge in [-0.3, -0.25) is 9.97 Å². The van der Waals surface area contributed by atoms with E-state index in [1.165, 1.54) is 21.5 Å². The van der Waals surface area contributed by atoms with Gasteiger partial charge in [0.2, 0.25) is 0 Å². The van der Waals surface area contributed by atoms with Gasteiger partial charge in [0, 0.05) is 23.5 Å². The fraction of sp³-hybridized carbons (Fsp3) is 0. The minimum absolute atomic E-state index is 0.993. The van der Waals surface area contributed by atoms with Crippen LogP contribution in [0.1, 0.15) is 0 Å². The second-order valence-corrected chi connectivity index (χ2v) is 6.34. The Morgan fingerprint density at radius 1 is 0.462 bits per heavy atom. The molecule has 3 aromatic carbocycles. The van der Waals surface area contributed by atoms with Crippen LogP contribution in [0.3, 0.4) is 0 Å². The largest absolute Gasteiger partial charge is 0.256 e. The normalized spacial score (nSPS) is 11.1. The monoisotopic (exact) mass is 332 g/mol. The first-order valence-corrected chi connectivity index (χ1v) is 8.68. The van der Waals surface area contributed by atoms with Gasteiger partial charge < -0.3 is 0 Å². The van der Waals surface area contributed by atoms with Crippen molar-refractivity contribution in [3.63, 3.8) is 0 Å². The van der Waals surface area contributed by atoms with Crippen molar-refractivity contribution in [3.8, 4) is 22.5 Å². The standard InChI is InChI=1S/C24H16N2/c1-3-13-25-23(11-1)19-9-5-7-17-15-18-8-6-10-20(22(18)16-21(17)19)24-12-2-4-14-26-24/h1-16H. The summed E-state index contributed by atoms with van der Waals surface area (Å²) in [5.41, 5.74) is 4.29. The van der Waals surface area contributed by atoms with Crippen molar-refractivity contribution in [2.75, 3.05) is 0 Å². The van der Waals surface area contributed by atoms with Gasteiger partial charge in [0.15, 0.2) is 0 Å². The maximum absolute atomic E-state index is 4.55. The molecule has 2 heteroatoms. The number of pyridine rings is 2. The molecule has 2 nitrogen and oxygen atoms in total. The van der Waals surface area contributed by atoms with Crippen LogP contribution in [0, 0.1) is 0 Å². The predicted octanol–water partition coefficient (Wildman–Crippen LogP) is 6.12. The Bertz CT molecular complexity index is 1120. The maximum atomic E-state index is 4.55. The summed E-state index contributed by atoms with van der Waals surface area (Å²) in [6, 6.07) is 29.4. The maximum Gasteiger partial charge on any atom is 0.0708 e. The molecule has 0 bridgehead atoms. The van der Waals surface area contributed by atoms with E-state index in [1.54, 1.807) is 0 Å². The summed E-state index contributed by atoms with van der Waals surface area (Å²) in [6.45, 7) is 0.